The topological polar surface area (TPSA) is 32.6 Å². The molecular formula is C16H13NO. The molecule has 2 rings (SSSR count). The maximum atomic E-state index is 9.01. The summed E-state index contributed by atoms with van der Waals surface area (Å²) in [5, 5.41) is 12.3. The van der Waals surface area contributed by atoms with E-state index in [1.807, 2.05) is 61.5 Å². The highest BCUT2D eigenvalue weighted by atomic mass is 16.4. The summed E-state index contributed by atoms with van der Waals surface area (Å²) in [5.41, 5.74) is 3.24. The highest BCUT2D eigenvalue weighted by molar-refractivity contribution is 6.12. The van der Waals surface area contributed by atoms with Gasteiger partial charge in [0.25, 0.3) is 0 Å². The Balaban J connectivity index is 2.27. The van der Waals surface area contributed by atoms with Gasteiger partial charge in [0, 0.05) is 11.1 Å². The van der Waals surface area contributed by atoms with Crippen LogP contribution in [0.4, 0.5) is 0 Å². The minimum absolute atomic E-state index is 0.374. The van der Waals surface area contributed by atoms with Crippen LogP contribution in [0.1, 0.15) is 16.7 Å². The van der Waals surface area contributed by atoms with E-state index in [0.717, 1.165) is 16.7 Å². The molecule has 0 saturated heterocycles. The standard InChI is InChI=1S/C16H13NO/c1-13-7-10-15(11-8-13)16(17-18)12-9-14-5-3-2-4-6-14/h2-8,10-11,18H,1H3/b17-16-. The predicted molar refractivity (Wildman–Crippen MR) is 72.8 cm³/mol. The van der Waals surface area contributed by atoms with Crippen molar-refractivity contribution < 1.29 is 5.21 Å². The van der Waals surface area contributed by atoms with Gasteiger partial charge in [-0.3, -0.25) is 0 Å². The number of benzene rings is 2. The van der Waals surface area contributed by atoms with Gasteiger partial charge in [0.15, 0.2) is 5.71 Å². The second-order valence-electron chi connectivity index (χ2n) is 3.93. The van der Waals surface area contributed by atoms with E-state index >= 15 is 0 Å². The molecule has 0 aliphatic carbocycles. The van der Waals surface area contributed by atoms with E-state index in [-0.39, 0.29) is 0 Å². The number of oxime groups is 1. The van der Waals surface area contributed by atoms with Crippen LogP contribution in [0.3, 0.4) is 0 Å². The van der Waals surface area contributed by atoms with Crippen molar-refractivity contribution in [2.24, 2.45) is 5.16 Å². The maximum Gasteiger partial charge on any atom is 0.159 e. The minimum atomic E-state index is 0.374. The highest BCUT2D eigenvalue weighted by Crippen LogP contribution is 2.04. The van der Waals surface area contributed by atoms with Gasteiger partial charge < -0.3 is 5.21 Å². The first kappa shape index (κ1) is 11.9. The van der Waals surface area contributed by atoms with Crippen molar-refractivity contribution in [2.75, 3.05) is 0 Å². The fourth-order valence-electron chi connectivity index (χ4n) is 1.52. The zero-order chi connectivity index (χ0) is 12.8. The Kier molecular flexibility index (Phi) is 3.78. The molecule has 0 aromatic heterocycles. The summed E-state index contributed by atoms with van der Waals surface area (Å²) in [5.74, 6) is 5.84. The van der Waals surface area contributed by atoms with E-state index in [0.29, 0.717) is 5.71 Å². The van der Waals surface area contributed by atoms with Crippen LogP contribution in [-0.4, -0.2) is 10.9 Å². The van der Waals surface area contributed by atoms with Crippen LogP contribution in [-0.2, 0) is 0 Å². The Morgan fingerprint density at radius 1 is 1.00 bits per heavy atom. The molecule has 2 aromatic rings. The zero-order valence-corrected chi connectivity index (χ0v) is 10.1. The highest BCUT2D eigenvalue weighted by Gasteiger charge is 1.99. The minimum Gasteiger partial charge on any atom is -0.410 e. The average molecular weight is 235 g/mol. The molecule has 0 aliphatic rings. The lowest BCUT2D eigenvalue weighted by Gasteiger charge is -1.97. The molecule has 2 heteroatoms. The molecule has 18 heavy (non-hydrogen) atoms. The summed E-state index contributed by atoms with van der Waals surface area (Å²) in [6, 6.07) is 17.3. The smallest absolute Gasteiger partial charge is 0.159 e. The van der Waals surface area contributed by atoms with E-state index in [9.17, 15) is 0 Å². The second-order valence-corrected chi connectivity index (χ2v) is 3.93. The van der Waals surface area contributed by atoms with Gasteiger partial charge in [-0.25, -0.2) is 0 Å². The van der Waals surface area contributed by atoms with Gasteiger partial charge in [-0.15, -0.1) is 0 Å². The monoisotopic (exact) mass is 235 g/mol. The normalized spacial score (nSPS) is 10.6. The molecule has 0 amide bonds. The van der Waals surface area contributed by atoms with Crippen LogP contribution in [0.25, 0.3) is 0 Å². The van der Waals surface area contributed by atoms with Crippen LogP contribution in [0.15, 0.2) is 59.8 Å². The Morgan fingerprint density at radius 2 is 1.67 bits per heavy atom. The van der Waals surface area contributed by atoms with Gasteiger partial charge in [-0.05, 0) is 25.0 Å². The molecule has 0 atom stereocenters. The number of nitrogens with zero attached hydrogens (tertiary/aromatic N) is 1. The van der Waals surface area contributed by atoms with Crippen molar-refractivity contribution in [1.29, 1.82) is 0 Å². The quantitative estimate of drug-likeness (QED) is 0.350. The number of aryl methyl sites for hydroxylation is 1. The molecule has 0 bridgehead atoms. The Labute approximate surface area is 107 Å². The first-order chi connectivity index (χ1) is 8.79. The first-order valence-electron chi connectivity index (χ1n) is 5.66. The van der Waals surface area contributed by atoms with E-state index < -0.39 is 0 Å². The average Bonchev–Trinajstić information content (AvgIpc) is 2.42. The Hall–Kier alpha value is -2.53. The van der Waals surface area contributed by atoms with Crippen LogP contribution >= 0.6 is 0 Å². The molecule has 0 fully saturated rings. The largest absolute Gasteiger partial charge is 0.410 e. The van der Waals surface area contributed by atoms with Crippen LogP contribution in [0.2, 0.25) is 0 Å². The predicted octanol–water partition coefficient (Wildman–Crippen LogP) is 3.23. The van der Waals surface area contributed by atoms with Gasteiger partial charge in [0.05, 0.1) is 0 Å². The lowest BCUT2D eigenvalue weighted by atomic mass is 10.1. The van der Waals surface area contributed by atoms with E-state index in [1.165, 1.54) is 0 Å². The van der Waals surface area contributed by atoms with Gasteiger partial charge >= 0.3 is 0 Å². The third kappa shape index (κ3) is 2.99. The molecule has 2 nitrogen and oxygen atoms in total. The summed E-state index contributed by atoms with van der Waals surface area (Å²) < 4.78 is 0. The van der Waals surface area contributed by atoms with Crippen molar-refractivity contribution in [1.82, 2.24) is 0 Å². The number of hydrogen-bond donors (Lipinski definition) is 1. The molecular weight excluding hydrogens is 222 g/mol. The summed E-state index contributed by atoms with van der Waals surface area (Å²) in [7, 11) is 0. The second kappa shape index (κ2) is 5.70. The molecule has 0 saturated carbocycles. The van der Waals surface area contributed by atoms with Gasteiger partial charge in [-0.2, -0.15) is 0 Å². The fraction of sp³-hybridized carbons (Fsp3) is 0.0625. The van der Waals surface area contributed by atoms with Crippen LogP contribution < -0.4 is 0 Å². The summed E-state index contributed by atoms with van der Waals surface area (Å²) in [6.07, 6.45) is 0. The third-order valence-electron chi connectivity index (χ3n) is 2.52. The van der Waals surface area contributed by atoms with Crippen molar-refractivity contribution in [2.45, 2.75) is 6.92 Å². The third-order valence-corrected chi connectivity index (χ3v) is 2.52. The van der Waals surface area contributed by atoms with Gasteiger partial charge in [0.2, 0.25) is 0 Å². The lowest BCUT2D eigenvalue weighted by Crippen LogP contribution is -1.97. The van der Waals surface area contributed by atoms with E-state index in [1.54, 1.807) is 0 Å². The molecule has 1 N–H and O–H groups in total. The van der Waals surface area contributed by atoms with Gasteiger partial charge in [0.1, 0.15) is 0 Å². The van der Waals surface area contributed by atoms with Crippen molar-refractivity contribution in [3.63, 3.8) is 0 Å². The van der Waals surface area contributed by atoms with Crippen molar-refractivity contribution >= 4 is 5.71 Å². The molecule has 88 valence electrons. The van der Waals surface area contributed by atoms with Crippen molar-refractivity contribution in [3.8, 4) is 11.8 Å². The molecule has 0 spiro atoms. The van der Waals surface area contributed by atoms with E-state index in [4.69, 9.17) is 5.21 Å². The van der Waals surface area contributed by atoms with Crippen molar-refractivity contribution in [3.05, 3.63) is 71.3 Å². The lowest BCUT2D eigenvalue weighted by molar-refractivity contribution is 0.320. The number of rotatable bonds is 1. The molecule has 2 aromatic carbocycles. The fourth-order valence-corrected chi connectivity index (χ4v) is 1.52. The van der Waals surface area contributed by atoms with Crippen LogP contribution in [0, 0.1) is 18.8 Å². The van der Waals surface area contributed by atoms with E-state index in [2.05, 4.69) is 17.0 Å². The van der Waals surface area contributed by atoms with Gasteiger partial charge in [-0.1, -0.05) is 59.1 Å². The Morgan fingerprint density at radius 3 is 2.28 bits per heavy atom. The number of hydrogen-bond acceptors (Lipinski definition) is 2. The molecule has 0 radical (unpaired) electrons. The van der Waals surface area contributed by atoms with Crippen LogP contribution in [0.5, 0.6) is 0 Å². The summed E-state index contributed by atoms with van der Waals surface area (Å²) in [4.78, 5) is 0. The summed E-state index contributed by atoms with van der Waals surface area (Å²) in [6.45, 7) is 2.01. The molecule has 0 unspecified atom stereocenters. The maximum absolute atomic E-state index is 9.01. The molecule has 0 aliphatic heterocycles. The molecule has 0 heterocycles. The first-order valence-corrected chi connectivity index (χ1v) is 5.66. The SMILES string of the molecule is Cc1ccc(/C(C#Cc2ccccc2)=N\O)cc1. The zero-order valence-electron chi connectivity index (χ0n) is 10.1. The Bertz CT molecular complexity index is 601. The summed E-state index contributed by atoms with van der Waals surface area (Å²) >= 11 is 0.